The molecule has 1 aromatic heterocycles. The summed E-state index contributed by atoms with van der Waals surface area (Å²) in [7, 11) is 2.13. The van der Waals surface area contributed by atoms with E-state index in [-0.39, 0.29) is 5.91 Å². The highest BCUT2D eigenvalue weighted by molar-refractivity contribution is 9.10. The van der Waals surface area contributed by atoms with Gasteiger partial charge in [0.1, 0.15) is 4.32 Å². The topological polar surface area (TPSA) is 39.3 Å². The van der Waals surface area contributed by atoms with Crippen molar-refractivity contribution in [2.24, 2.45) is 0 Å². The number of halogens is 1. The van der Waals surface area contributed by atoms with E-state index in [2.05, 4.69) is 63.3 Å². The lowest BCUT2D eigenvalue weighted by atomic mass is 9.79. The number of alkyl halides is 1. The van der Waals surface area contributed by atoms with Crippen molar-refractivity contribution in [3.05, 3.63) is 41.6 Å². The molecule has 4 nitrogen and oxygen atoms in total. The van der Waals surface area contributed by atoms with E-state index in [4.69, 9.17) is 0 Å². The molecule has 1 amide bonds. The van der Waals surface area contributed by atoms with Gasteiger partial charge in [0.25, 0.3) is 0 Å². The Labute approximate surface area is 157 Å². The van der Waals surface area contributed by atoms with Crippen LogP contribution in [0.2, 0.25) is 0 Å². The summed E-state index contributed by atoms with van der Waals surface area (Å²) in [5, 5.41) is 1.31. The molecular formula is C20H24BrN3O. The minimum absolute atomic E-state index is 0.155. The zero-order valence-electron chi connectivity index (χ0n) is 15.0. The van der Waals surface area contributed by atoms with E-state index >= 15 is 0 Å². The van der Waals surface area contributed by atoms with Crippen molar-refractivity contribution in [3.63, 3.8) is 0 Å². The number of nitrogens with zero attached hydrogens (tertiary/aromatic N) is 2. The number of benzene rings is 1. The van der Waals surface area contributed by atoms with Crippen molar-refractivity contribution >= 4 is 38.3 Å². The molecule has 5 heteroatoms. The predicted octanol–water partition coefficient (Wildman–Crippen LogP) is 3.42. The fourth-order valence-corrected chi connectivity index (χ4v) is 5.28. The second-order valence-corrected chi connectivity index (χ2v) is 8.53. The summed E-state index contributed by atoms with van der Waals surface area (Å²) >= 11 is 3.81. The van der Waals surface area contributed by atoms with Gasteiger partial charge in [0, 0.05) is 42.8 Å². The van der Waals surface area contributed by atoms with Crippen LogP contribution in [0.4, 0.5) is 0 Å². The first-order valence-corrected chi connectivity index (χ1v) is 9.78. The number of carbonyl (C=O) groups is 1. The lowest BCUT2D eigenvalue weighted by Crippen LogP contribution is -2.55. The molecular weight excluding hydrogens is 378 g/mol. The Morgan fingerprint density at radius 3 is 2.88 bits per heavy atom. The average molecular weight is 402 g/mol. The summed E-state index contributed by atoms with van der Waals surface area (Å²) in [6.45, 7) is 6.22. The number of fused-ring (bicyclic) bond motifs is 2. The highest BCUT2D eigenvalue weighted by Crippen LogP contribution is 2.43. The summed E-state index contributed by atoms with van der Waals surface area (Å²) < 4.78 is -0.657. The third-order valence-electron chi connectivity index (χ3n) is 5.67. The molecule has 2 heterocycles. The van der Waals surface area contributed by atoms with Crippen molar-refractivity contribution < 1.29 is 4.79 Å². The van der Waals surface area contributed by atoms with Crippen molar-refractivity contribution in [3.8, 4) is 0 Å². The molecule has 25 heavy (non-hydrogen) atoms. The lowest BCUT2D eigenvalue weighted by Gasteiger charge is -2.44. The van der Waals surface area contributed by atoms with Crippen LogP contribution >= 0.6 is 15.9 Å². The van der Waals surface area contributed by atoms with E-state index < -0.39 is 4.32 Å². The first-order valence-electron chi connectivity index (χ1n) is 8.99. The smallest absolute Gasteiger partial charge is 0.244 e. The summed E-state index contributed by atoms with van der Waals surface area (Å²) in [6, 6.07) is 6.73. The maximum Gasteiger partial charge on any atom is 0.244 e. The van der Waals surface area contributed by atoms with E-state index in [0.29, 0.717) is 12.6 Å². The minimum atomic E-state index is -0.657. The molecule has 132 valence electrons. The van der Waals surface area contributed by atoms with E-state index in [0.717, 1.165) is 19.5 Å². The monoisotopic (exact) mass is 401 g/mol. The van der Waals surface area contributed by atoms with Crippen LogP contribution in [0.1, 0.15) is 25.0 Å². The number of likely N-dealkylation sites (N-methyl/N-ethyl adjacent to an activating group) is 1. The van der Waals surface area contributed by atoms with E-state index in [1.54, 1.807) is 0 Å². The van der Waals surface area contributed by atoms with Gasteiger partial charge in [-0.25, -0.2) is 0 Å². The number of aromatic nitrogens is 1. The van der Waals surface area contributed by atoms with Gasteiger partial charge >= 0.3 is 0 Å². The lowest BCUT2D eigenvalue weighted by molar-refractivity contribution is -0.132. The highest BCUT2D eigenvalue weighted by atomic mass is 79.9. The fourth-order valence-electron chi connectivity index (χ4n) is 4.39. The van der Waals surface area contributed by atoms with Gasteiger partial charge in [-0.15, -0.1) is 0 Å². The van der Waals surface area contributed by atoms with Gasteiger partial charge in [-0.1, -0.05) is 34.1 Å². The summed E-state index contributed by atoms with van der Waals surface area (Å²) in [5.74, 6) is 0.155. The van der Waals surface area contributed by atoms with Crippen LogP contribution in [0.3, 0.4) is 0 Å². The van der Waals surface area contributed by atoms with Gasteiger partial charge in [-0.2, -0.15) is 0 Å². The van der Waals surface area contributed by atoms with Crippen LogP contribution in [0.5, 0.6) is 0 Å². The molecule has 1 N–H and O–H groups in total. The Hall–Kier alpha value is -1.59. The number of amides is 1. The average Bonchev–Trinajstić information content (AvgIpc) is 3.02. The summed E-state index contributed by atoms with van der Waals surface area (Å²) in [4.78, 5) is 20.8. The van der Waals surface area contributed by atoms with Crippen LogP contribution in [-0.4, -0.2) is 57.7 Å². The second kappa shape index (κ2) is 5.99. The van der Waals surface area contributed by atoms with Gasteiger partial charge in [0.2, 0.25) is 5.91 Å². The van der Waals surface area contributed by atoms with Crippen molar-refractivity contribution in [2.45, 2.75) is 30.6 Å². The molecule has 1 aromatic carbocycles. The number of nitrogens with one attached hydrogen (secondary N) is 1. The normalized spacial score (nSPS) is 25.6. The molecule has 2 aliphatic rings. The molecule has 0 unspecified atom stereocenters. The molecule has 0 fully saturated rings. The predicted molar refractivity (Wildman–Crippen MR) is 106 cm³/mol. The summed E-state index contributed by atoms with van der Waals surface area (Å²) in [5.41, 5.74) is 5.07. The Bertz CT molecular complexity index is 867. The van der Waals surface area contributed by atoms with Gasteiger partial charge in [0.05, 0.1) is 0 Å². The molecule has 0 spiro atoms. The molecule has 2 atom stereocenters. The zero-order valence-corrected chi connectivity index (χ0v) is 16.6. The van der Waals surface area contributed by atoms with Crippen LogP contribution in [0.25, 0.3) is 16.5 Å². The molecule has 1 aliphatic heterocycles. The quantitative estimate of drug-likeness (QED) is 0.800. The van der Waals surface area contributed by atoms with Crippen LogP contribution in [0, 0.1) is 0 Å². The first kappa shape index (κ1) is 16.9. The first-order chi connectivity index (χ1) is 12.0. The molecule has 1 aliphatic carbocycles. The minimum Gasteiger partial charge on any atom is -0.361 e. The Morgan fingerprint density at radius 1 is 1.40 bits per heavy atom. The Balaban J connectivity index is 1.86. The molecule has 0 radical (unpaired) electrons. The number of rotatable bonds is 3. The van der Waals surface area contributed by atoms with Gasteiger partial charge in [0.15, 0.2) is 0 Å². The van der Waals surface area contributed by atoms with Gasteiger partial charge < -0.3 is 9.88 Å². The van der Waals surface area contributed by atoms with E-state index in [1.807, 2.05) is 18.7 Å². The summed E-state index contributed by atoms with van der Waals surface area (Å²) in [6.07, 6.45) is 5.31. The molecule has 0 saturated carbocycles. The number of carbonyl (C=O) groups excluding carboxylic acids is 1. The Morgan fingerprint density at radius 2 is 2.16 bits per heavy atom. The van der Waals surface area contributed by atoms with Crippen LogP contribution in [0.15, 0.2) is 30.5 Å². The van der Waals surface area contributed by atoms with Crippen LogP contribution < -0.4 is 0 Å². The SMILES string of the molecule is CCN(CC)C(=O)[C@]1(Br)C=C2c3cccc4[nH]cc(c34)C[C@H]2N(C)C1. The molecule has 0 saturated heterocycles. The molecule has 2 aromatic rings. The zero-order chi connectivity index (χ0) is 17.8. The number of aromatic amines is 1. The molecule has 0 bridgehead atoms. The van der Waals surface area contributed by atoms with E-state index in [9.17, 15) is 4.79 Å². The van der Waals surface area contributed by atoms with Gasteiger partial charge in [-0.3, -0.25) is 9.69 Å². The third-order valence-corrected chi connectivity index (χ3v) is 6.49. The maximum absolute atomic E-state index is 13.1. The van der Waals surface area contributed by atoms with E-state index in [1.165, 1.54) is 27.6 Å². The Kier molecular flexibility index (Phi) is 4.04. The fraction of sp³-hybridized carbons (Fsp3) is 0.450. The maximum atomic E-state index is 13.1. The highest BCUT2D eigenvalue weighted by Gasteiger charge is 2.44. The van der Waals surface area contributed by atoms with Crippen molar-refractivity contribution in [1.82, 2.24) is 14.8 Å². The van der Waals surface area contributed by atoms with Crippen molar-refractivity contribution in [1.29, 1.82) is 0 Å². The van der Waals surface area contributed by atoms with Crippen LogP contribution in [-0.2, 0) is 11.2 Å². The number of hydrogen-bond acceptors (Lipinski definition) is 2. The largest absolute Gasteiger partial charge is 0.361 e. The molecule has 4 rings (SSSR count). The number of H-pyrrole nitrogens is 1. The van der Waals surface area contributed by atoms with Crippen molar-refractivity contribution in [2.75, 3.05) is 26.7 Å². The van der Waals surface area contributed by atoms with Gasteiger partial charge in [-0.05, 0) is 50.1 Å². The third kappa shape index (κ3) is 2.48. The standard InChI is InChI=1S/C20H24BrN3O/c1-4-24(5-2)19(25)20(21)10-15-14-7-6-8-16-18(14)13(11-22-16)9-17(15)23(3)12-20/h6-8,10-11,17,22H,4-5,9,12H2,1-3H3/t17-,20+/m1/s1. The second-order valence-electron chi connectivity index (χ2n) is 7.12. The number of hydrogen-bond donors (Lipinski definition) is 1.